The molecule has 1 aromatic heterocycles. The van der Waals surface area contributed by atoms with Crippen molar-refractivity contribution < 1.29 is 9.53 Å². The molecule has 1 atom stereocenters. The Kier molecular flexibility index (Phi) is 4.88. The summed E-state index contributed by atoms with van der Waals surface area (Å²) in [6, 6.07) is 7.74. The average Bonchev–Trinajstić information content (AvgIpc) is 2.46. The van der Waals surface area contributed by atoms with Crippen LogP contribution in [0, 0.1) is 6.92 Å². The summed E-state index contributed by atoms with van der Waals surface area (Å²) in [4.78, 5) is 23.6. The number of hydrogen-bond donors (Lipinski definition) is 2. The zero-order valence-corrected chi connectivity index (χ0v) is 13.0. The van der Waals surface area contributed by atoms with Gasteiger partial charge in [0, 0.05) is 6.92 Å². The molecule has 1 amide bonds. The van der Waals surface area contributed by atoms with Gasteiger partial charge >= 0.3 is 0 Å². The second-order valence-electron chi connectivity index (χ2n) is 4.85. The predicted octanol–water partition coefficient (Wildman–Crippen LogP) is 2.32. The van der Waals surface area contributed by atoms with Gasteiger partial charge in [-0.1, -0.05) is 12.1 Å². The monoisotopic (exact) mass is 301 g/mol. The van der Waals surface area contributed by atoms with Crippen LogP contribution in [0.25, 0.3) is 0 Å². The highest BCUT2D eigenvalue weighted by Gasteiger charge is 2.10. The van der Waals surface area contributed by atoms with E-state index >= 15 is 0 Å². The number of methoxy groups -OCH3 is 1. The van der Waals surface area contributed by atoms with Gasteiger partial charge in [0.15, 0.2) is 0 Å². The zero-order valence-electron chi connectivity index (χ0n) is 13.0. The van der Waals surface area contributed by atoms with Gasteiger partial charge in [-0.3, -0.25) is 10.1 Å². The molecule has 1 heterocycles. The summed E-state index contributed by atoms with van der Waals surface area (Å²) >= 11 is 0. The van der Waals surface area contributed by atoms with Crippen LogP contribution >= 0.6 is 0 Å². The molecule has 1 aromatic carbocycles. The third kappa shape index (κ3) is 4.15. The highest BCUT2D eigenvalue weighted by atomic mass is 16.5. The number of benzene rings is 1. The molecule has 0 bridgehead atoms. The largest absolute Gasteiger partial charge is 0.497 e. The molecular formula is C15H19N5O2. The molecule has 2 rings (SSSR count). The van der Waals surface area contributed by atoms with Gasteiger partial charge in [-0.05, 0) is 31.5 Å². The molecule has 0 spiro atoms. The number of nitrogens with one attached hydrogen (secondary N) is 2. The number of carbonyl (C=O) groups is 1. The normalized spacial score (nSPS) is 11.6. The van der Waals surface area contributed by atoms with E-state index in [1.54, 1.807) is 14.0 Å². The van der Waals surface area contributed by atoms with E-state index in [0.717, 1.165) is 11.3 Å². The molecule has 0 aliphatic carbocycles. The van der Waals surface area contributed by atoms with Gasteiger partial charge in [0.1, 0.15) is 11.6 Å². The zero-order chi connectivity index (χ0) is 16.1. The van der Waals surface area contributed by atoms with Crippen molar-refractivity contribution in [2.75, 3.05) is 17.7 Å². The van der Waals surface area contributed by atoms with Crippen LogP contribution in [0.4, 0.5) is 11.9 Å². The summed E-state index contributed by atoms with van der Waals surface area (Å²) in [7, 11) is 1.63. The van der Waals surface area contributed by atoms with Crippen molar-refractivity contribution in [1.82, 2.24) is 15.0 Å². The molecule has 0 radical (unpaired) electrons. The van der Waals surface area contributed by atoms with E-state index < -0.39 is 0 Å². The van der Waals surface area contributed by atoms with Crippen LogP contribution in [0.15, 0.2) is 24.3 Å². The van der Waals surface area contributed by atoms with E-state index in [2.05, 4.69) is 25.6 Å². The summed E-state index contributed by atoms with van der Waals surface area (Å²) < 4.78 is 5.14. The van der Waals surface area contributed by atoms with E-state index in [-0.39, 0.29) is 17.9 Å². The lowest BCUT2D eigenvalue weighted by Gasteiger charge is -2.15. The fraction of sp³-hybridized carbons (Fsp3) is 0.333. The Labute approximate surface area is 129 Å². The number of aryl methyl sites for hydroxylation is 1. The van der Waals surface area contributed by atoms with Gasteiger partial charge in [-0.15, -0.1) is 0 Å². The third-order valence-corrected chi connectivity index (χ3v) is 3.00. The molecule has 0 aliphatic rings. The molecule has 0 saturated heterocycles. The maximum absolute atomic E-state index is 11.1. The summed E-state index contributed by atoms with van der Waals surface area (Å²) in [5.74, 6) is 1.77. The first-order valence-corrected chi connectivity index (χ1v) is 6.88. The lowest BCUT2D eigenvalue weighted by molar-refractivity contribution is -0.114. The maximum atomic E-state index is 11.1. The second-order valence-corrected chi connectivity index (χ2v) is 4.85. The quantitative estimate of drug-likeness (QED) is 0.881. The Morgan fingerprint density at radius 1 is 1.14 bits per heavy atom. The summed E-state index contributed by atoms with van der Waals surface area (Å²) in [5, 5.41) is 5.75. The number of hydrogen-bond acceptors (Lipinski definition) is 6. The molecule has 0 saturated carbocycles. The van der Waals surface area contributed by atoms with Crippen molar-refractivity contribution in [1.29, 1.82) is 0 Å². The van der Waals surface area contributed by atoms with Gasteiger partial charge in [0.25, 0.3) is 0 Å². The minimum atomic E-state index is -0.222. The van der Waals surface area contributed by atoms with Gasteiger partial charge in [-0.2, -0.15) is 15.0 Å². The van der Waals surface area contributed by atoms with Crippen molar-refractivity contribution in [3.63, 3.8) is 0 Å². The molecule has 2 N–H and O–H groups in total. The number of carbonyl (C=O) groups excluding carboxylic acids is 1. The smallest absolute Gasteiger partial charge is 0.234 e. The van der Waals surface area contributed by atoms with Crippen molar-refractivity contribution in [2.45, 2.75) is 26.8 Å². The highest BCUT2D eigenvalue weighted by Crippen LogP contribution is 2.20. The molecular weight excluding hydrogens is 282 g/mol. The number of nitrogens with zero attached hydrogens (tertiary/aromatic N) is 3. The van der Waals surface area contributed by atoms with E-state index in [4.69, 9.17) is 4.74 Å². The number of aromatic nitrogens is 3. The molecule has 7 heteroatoms. The van der Waals surface area contributed by atoms with Crippen molar-refractivity contribution in [3.8, 4) is 5.75 Å². The third-order valence-electron chi connectivity index (χ3n) is 3.00. The maximum Gasteiger partial charge on any atom is 0.234 e. The molecule has 7 nitrogen and oxygen atoms in total. The van der Waals surface area contributed by atoms with Crippen molar-refractivity contribution in [3.05, 3.63) is 35.7 Å². The molecule has 2 aromatic rings. The lowest BCUT2D eigenvalue weighted by atomic mass is 10.1. The summed E-state index contributed by atoms with van der Waals surface area (Å²) in [5.41, 5.74) is 1.07. The van der Waals surface area contributed by atoms with Gasteiger partial charge in [0.05, 0.1) is 13.2 Å². The van der Waals surface area contributed by atoms with E-state index in [1.165, 1.54) is 6.92 Å². The number of ether oxygens (including phenoxy) is 1. The Bertz CT molecular complexity index is 657. The highest BCUT2D eigenvalue weighted by molar-refractivity contribution is 5.86. The molecule has 116 valence electrons. The van der Waals surface area contributed by atoms with Gasteiger partial charge in [0.2, 0.25) is 17.8 Å². The van der Waals surface area contributed by atoms with E-state index in [9.17, 15) is 4.79 Å². The Morgan fingerprint density at radius 2 is 1.77 bits per heavy atom. The summed E-state index contributed by atoms with van der Waals surface area (Å²) in [6.07, 6.45) is 0. The van der Waals surface area contributed by atoms with Crippen molar-refractivity contribution >= 4 is 17.8 Å². The first-order chi connectivity index (χ1) is 10.5. The predicted molar refractivity (Wildman–Crippen MR) is 83.9 cm³/mol. The number of anilines is 2. The van der Waals surface area contributed by atoms with Crippen LogP contribution in [-0.2, 0) is 4.79 Å². The van der Waals surface area contributed by atoms with E-state index in [1.807, 2.05) is 31.2 Å². The van der Waals surface area contributed by atoms with Crippen LogP contribution in [0.5, 0.6) is 5.75 Å². The topological polar surface area (TPSA) is 89.0 Å². The second kappa shape index (κ2) is 6.84. The van der Waals surface area contributed by atoms with Crippen LogP contribution < -0.4 is 15.4 Å². The molecule has 1 unspecified atom stereocenters. The standard InChI is InChI=1S/C15H19N5O2/c1-9(12-5-7-13(22-4)8-6-12)16-14-17-10(2)18-15(20-14)19-11(3)21/h5-9H,1-4H3,(H2,16,17,18,19,20,21). The van der Waals surface area contributed by atoms with Crippen LogP contribution in [0.1, 0.15) is 31.3 Å². The molecule has 22 heavy (non-hydrogen) atoms. The first-order valence-electron chi connectivity index (χ1n) is 6.88. The lowest BCUT2D eigenvalue weighted by Crippen LogP contribution is -2.15. The minimum Gasteiger partial charge on any atom is -0.497 e. The number of amides is 1. The van der Waals surface area contributed by atoms with Crippen LogP contribution in [0.3, 0.4) is 0 Å². The van der Waals surface area contributed by atoms with Crippen molar-refractivity contribution in [2.24, 2.45) is 0 Å². The summed E-state index contributed by atoms with van der Waals surface area (Å²) in [6.45, 7) is 5.15. The number of rotatable bonds is 5. The van der Waals surface area contributed by atoms with Crippen LogP contribution in [0.2, 0.25) is 0 Å². The Hall–Kier alpha value is -2.70. The first kappa shape index (κ1) is 15.7. The van der Waals surface area contributed by atoms with Gasteiger partial charge in [-0.25, -0.2) is 0 Å². The average molecular weight is 301 g/mol. The molecule has 0 fully saturated rings. The van der Waals surface area contributed by atoms with E-state index in [0.29, 0.717) is 11.8 Å². The minimum absolute atomic E-state index is 0.00196. The SMILES string of the molecule is COc1ccc(C(C)Nc2nc(C)nc(NC(C)=O)n2)cc1. The van der Waals surface area contributed by atoms with Gasteiger partial charge < -0.3 is 10.1 Å². The fourth-order valence-corrected chi connectivity index (χ4v) is 1.93. The Morgan fingerprint density at radius 3 is 2.36 bits per heavy atom. The molecule has 0 aliphatic heterocycles. The van der Waals surface area contributed by atoms with Crippen LogP contribution in [-0.4, -0.2) is 28.0 Å². The fourth-order valence-electron chi connectivity index (χ4n) is 1.93. The Balaban J connectivity index is 2.14.